The Labute approximate surface area is 339 Å². The van der Waals surface area contributed by atoms with Gasteiger partial charge in [-0.3, -0.25) is 13.8 Å². The van der Waals surface area contributed by atoms with Crippen LogP contribution in [0, 0.1) is 0 Å². The number of aliphatic hydroxyl groups is 1. The molecule has 0 aliphatic carbocycles. The lowest BCUT2D eigenvalue weighted by atomic mass is 10.0. The molecule has 0 aromatic heterocycles. The maximum atomic E-state index is 12.9. The fourth-order valence-electron chi connectivity index (χ4n) is 6.27. The summed E-state index contributed by atoms with van der Waals surface area (Å²) in [6.07, 6.45) is 47.1. The first-order valence-corrected chi connectivity index (χ1v) is 24.0. The van der Waals surface area contributed by atoms with Crippen LogP contribution in [0.25, 0.3) is 0 Å². The summed E-state index contributed by atoms with van der Waals surface area (Å²) in [4.78, 5) is 23.1. The van der Waals surface area contributed by atoms with E-state index < -0.39 is 20.0 Å². The lowest BCUT2D eigenvalue weighted by Crippen LogP contribution is -2.46. The average Bonchev–Trinajstić information content (AvgIpc) is 3.13. The Bertz CT molecular complexity index is 1040. The Morgan fingerprint density at radius 3 is 1.60 bits per heavy atom. The Kier molecular flexibility index (Phi) is 36.9. The zero-order valence-electron chi connectivity index (χ0n) is 36.4. The number of hydrogen-bond donors (Lipinski definition) is 3. The van der Waals surface area contributed by atoms with Gasteiger partial charge in [-0.2, -0.15) is 0 Å². The summed E-state index contributed by atoms with van der Waals surface area (Å²) in [5.41, 5.74) is 0. The molecular weight excluding hydrogens is 707 g/mol. The van der Waals surface area contributed by atoms with Gasteiger partial charge in [0.25, 0.3) is 0 Å². The quantitative estimate of drug-likeness (QED) is 0.0247. The van der Waals surface area contributed by atoms with Gasteiger partial charge in [-0.15, -0.1) is 0 Å². The summed E-state index contributed by atoms with van der Waals surface area (Å²) < 4.78 is 23.6. The van der Waals surface area contributed by atoms with E-state index in [0.29, 0.717) is 23.9 Å². The number of hydrogen-bond acceptors (Lipinski definition) is 5. The van der Waals surface area contributed by atoms with Gasteiger partial charge in [0.2, 0.25) is 5.91 Å². The Morgan fingerprint density at radius 2 is 1.09 bits per heavy atom. The predicted octanol–water partition coefficient (Wildman–Crippen LogP) is 12.5. The van der Waals surface area contributed by atoms with E-state index in [1.807, 2.05) is 21.1 Å². The van der Waals surface area contributed by atoms with Crippen molar-refractivity contribution in [2.75, 3.05) is 40.9 Å². The van der Waals surface area contributed by atoms with Crippen molar-refractivity contribution >= 4 is 13.7 Å². The molecule has 0 aliphatic heterocycles. The number of phosphoric acid groups is 1. The molecule has 1 amide bonds. The first-order chi connectivity index (χ1) is 26.5. The summed E-state index contributed by atoms with van der Waals surface area (Å²) in [6.45, 7) is 4.74. The van der Waals surface area contributed by atoms with Gasteiger partial charge in [0.15, 0.2) is 0 Å². The molecule has 8 nitrogen and oxygen atoms in total. The van der Waals surface area contributed by atoms with Crippen LogP contribution in [-0.2, 0) is 18.4 Å². The Balaban J connectivity index is 4.23. The normalized spacial score (nSPS) is 14.8. The third-order valence-electron chi connectivity index (χ3n) is 9.84. The molecule has 55 heavy (non-hydrogen) atoms. The molecule has 3 unspecified atom stereocenters. The molecule has 0 radical (unpaired) electrons. The number of rotatable bonds is 40. The van der Waals surface area contributed by atoms with Crippen molar-refractivity contribution in [2.24, 2.45) is 0 Å². The summed E-state index contributed by atoms with van der Waals surface area (Å²) in [6, 6.07) is -0.762. The highest BCUT2D eigenvalue weighted by atomic mass is 31.2. The number of amides is 1. The summed E-state index contributed by atoms with van der Waals surface area (Å²) in [5.74, 6) is -0.153. The van der Waals surface area contributed by atoms with E-state index >= 15 is 0 Å². The van der Waals surface area contributed by atoms with Crippen LogP contribution < -0.4 is 5.32 Å². The van der Waals surface area contributed by atoms with Crippen molar-refractivity contribution in [1.29, 1.82) is 0 Å². The fourth-order valence-corrected chi connectivity index (χ4v) is 7.01. The van der Waals surface area contributed by atoms with Gasteiger partial charge in [-0.25, -0.2) is 4.57 Å². The molecule has 0 aromatic carbocycles. The smallest absolute Gasteiger partial charge is 0.391 e. The monoisotopic (exact) mass is 796 g/mol. The van der Waals surface area contributed by atoms with Gasteiger partial charge < -0.3 is 19.8 Å². The van der Waals surface area contributed by atoms with Gasteiger partial charge >= 0.3 is 7.82 Å². The SMILES string of the molecule is CC/C=C\C/C=C\C/C=C\C/C=C\CCCCCCCCCCCCC(=O)NC(COP(=O)(O)OCC[N+](C)(C)C)C(O)CCCCCCCCCCCC. The molecule has 0 heterocycles. The van der Waals surface area contributed by atoms with Crippen LogP contribution in [0.15, 0.2) is 48.6 Å². The van der Waals surface area contributed by atoms with Crippen LogP contribution in [0.4, 0.5) is 0 Å². The van der Waals surface area contributed by atoms with Crippen LogP contribution in [0.5, 0.6) is 0 Å². The predicted molar refractivity (Wildman–Crippen MR) is 235 cm³/mol. The minimum atomic E-state index is -4.31. The van der Waals surface area contributed by atoms with Crippen LogP contribution in [0.2, 0.25) is 0 Å². The van der Waals surface area contributed by atoms with Crippen LogP contribution in [0.1, 0.15) is 187 Å². The number of allylic oxidation sites excluding steroid dienone is 8. The molecule has 0 aromatic rings. The van der Waals surface area contributed by atoms with Gasteiger partial charge in [0, 0.05) is 6.42 Å². The number of nitrogens with zero attached hydrogens (tertiary/aromatic N) is 1. The average molecular weight is 796 g/mol. The van der Waals surface area contributed by atoms with Crippen LogP contribution >= 0.6 is 7.82 Å². The molecule has 0 spiro atoms. The molecule has 0 saturated heterocycles. The Hall–Kier alpha value is -1.54. The third kappa shape index (κ3) is 40.5. The first-order valence-electron chi connectivity index (χ1n) is 22.5. The third-order valence-corrected chi connectivity index (χ3v) is 10.8. The van der Waals surface area contributed by atoms with Crippen molar-refractivity contribution in [2.45, 2.75) is 199 Å². The van der Waals surface area contributed by atoms with E-state index in [0.717, 1.165) is 64.2 Å². The fraction of sp³-hybridized carbons (Fsp3) is 0.804. The van der Waals surface area contributed by atoms with E-state index in [4.69, 9.17) is 9.05 Å². The van der Waals surface area contributed by atoms with Crippen molar-refractivity contribution in [1.82, 2.24) is 5.32 Å². The van der Waals surface area contributed by atoms with Gasteiger partial charge in [-0.05, 0) is 51.4 Å². The molecule has 0 saturated carbocycles. The second-order valence-corrected chi connectivity index (χ2v) is 17.9. The molecule has 0 bridgehead atoms. The molecule has 9 heteroatoms. The number of aliphatic hydroxyl groups excluding tert-OH is 1. The van der Waals surface area contributed by atoms with E-state index in [1.54, 1.807) is 0 Å². The lowest BCUT2D eigenvalue weighted by molar-refractivity contribution is -0.870. The van der Waals surface area contributed by atoms with Crippen LogP contribution in [-0.4, -0.2) is 73.4 Å². The van der Waals surface area contributed by atoms with Gasteiger partial charge in [0.05, 0.1) is 39.9 Å². The van der Waals surface area contributed by atoms with E-state index in [-0.39, 0.29) is 19.1 Å². The highest BCUT2D eigenvalue weighted by Crippen LogP contribution is 2.43. The zero-order chi connectivity index (χ0) is 40.7. The first kappa shape index (κ1) is 53.5. The number of carbonyl (C=O) groups excluding carboxylic acids is 1. The summed E-state index contributed by atoms with van der Waals surface area (Å²) in [5, 5.41) is 13.9. The second-order valence-electron chi connectivity index (χ2n) is 16.4. The highest BCUT2D eigenvalue weighted by molar-refractivity contribution is 7.47. The number of carbonyl (C=O) groups is 1. The number of unbranched alkanes of at least 4 members (excludes halogenated alkanes) is 19. The van der Waals surface area contributed by atoms with E-state index in [1.165, 1.54) is 96.3 Å². The van der Waals surface area contributed by atoms with Gasteiger partial charge in [0.1, 0.15) is 13.2 Å². The van der Waals surface area contributed by atoms with Crippen molar-refractivity contribution < 1.29 is 32.9 Å². The maximum absolute atomic E-state index is 12.9. The number of quaternary nitrogens is 1. The molecule has 0 aliphatic rings. The number of phosphoric ester groups is 1. The molecule has 3 atom stereocenters. The van der Waals surface area contributed by atoms with Crippen molar-refractivity contribution in [3.8, 4) is 0 Å². The van der Waals surface area contributed by atoms with Gasteiger partial charge in [-0.1, -0.05) is 178 Å². The van der Waals surface area contributed by atoms with Crippen LogP contribution in [0.3, 0.4) is 0 Å². The molecule has 322 valence electrons. The van der Waals surface area contributed by atoms with Crippen molar-refractivity contribution in [3.63, 3.8) is 0 Å². The Morgan fingerprint density at radius 1 is 0.636 bits per heavy atom. The molecule has 0 rings (SSSR count). The minimum Gasteiger partial charge on any atom is -0.391 e. The summed E-state index contributed by atoms with van der Waals surface area (Å²) >= 11 is 0. The molecule has 3 N–H and O–H groups in total. The molecular formula is C46H88N2O6P+. The number of likely N-dealkylation sites (N-methyl/N-ethyl adjacent to an activating group) is 1. The van der Waals surface area contributed by atoms with E-state index in [2.05, 4.69) is 67.8 Å². The number of nitrogens with one attached hydrogen (secondary N) is 1. The second kappa shape index (κ2) is 38.0. The van der Waals surface area contributed by atoms with E-state index in [9.17, 15) is 19.4 Å². The molecule has 0 fully saturated rings. The van der Waals surface area contributed by atoms with Crippen molar-refractivity contribution in [3.05, 3.63) is 48.6 Å². The zero-order valence-corrected chi connectivity index (χ0v) is 37.3. The standard InChI is InChI=1S/C46H87N2O6P/c1-6-8-10-12-14-16-18-19-20-21-22-23-24-25-26-27-28-29-30-32-34-36-38-40-46(50)47-44(43-54-55(51,52)53-42-41-48(3,4)5)45(49)39-37-35-33-31-17-15-13-11-9-7-2/h8,10,14,16,19-20,22-23,44-45,49H,6-7,9,11-13,15,17-18,21,24-43H2,1-5H3,(H-,47,50,51,52)/p+1/b10-8-,16-14-,20-19-,23-22-. The topological polar surface area (TPSA) is 105 Å². The summed E-state index contributed by atoms with van der Waals surface area (Å²) in [7, 11) is 1.61. The maximum Gasteiger partial charge on any atom is 0.472 e. The minimum absolute atomic E-state index is 0.0721. The largest absolute Gasteiger partial charge is 0.472 e. The lowest BCUT2D eigenvalue weighted by Gasteiger charge is -2.26. The highest BCUT2D eigenvalue weighted by Gasteiger charge is 2.28.